The van der Waals surface area contributed by atoms with E-state index in [1.165, 1.54) is 0 Å². The maximum atomic E-state index is 11.8. The van der Waals surface area contributed by atoms with Crippen LogP contribution in [0, 0.1) is 0 Å². The van der Waals surface area contributed by atoms with E-state index in [1.807, 2.05) is 0 Å². The zero-order chi connectivity index (χ0) is 11.3. The quantitative estimate of drug-likeness (QED) is 0.775. The van der Waals surface area contributed by atoms with Crippen molar-refractivity contribution in [1.82, 2.24) is 5.16 Å². The second-order valence-electron chi connectivity index (χ2n) is 4.42. The highest BCUT2D eigenvalue weighted by molar-refractivity contribution is 7.93. The van der Waals surface area contributed by atoms with Crippen LogP contribution in [0.2, 0.25) is 0 Å². The van der Waals surface area contributed by atoms with Gasteiger partial charge in [0, 0.05) is 12.0 Å². The number of nitrogens with two attached hydrogens (primary N) is 1. The molecule has 1 atom stereocenters. The molecule has 6 heteroatoms. The summed E-state index contributed by atoms with van der Waals surface area (Å²) in [6.07, 6.45) is 0.573. The molecule has 84 valence electrons. The predicted octanol–water partition coefficient (Wildman–Crippen LogP) is 0.938. The third kappa shape index (κ3) is 1.43. The van der Waals surface area contributed by atoms with Crippen molar-refractivity contribution in [3.8, 4) is 0 Å². The third-order valence-electron chi connectivity index (χ3n) is 3.21. The Morgan fingerprint density at radius 1 is 1.60 bits per heavy atom. The first-order chi connectivity index (χ1) is 6.84. The average Bonchev–Trinajstić information content (AvgIpc) is 2.58. The maximum Gasteiger partial charge on any atom is 0.167 e. The first-order valence-electron chi connectivity index (χ1n) is 4.79. The minimum atomic E-state index is -3.04. The smallest absolute Gasteiger partial charge is 0.167 e. The lowest BCUT2D eigenvalue weighted by molar-refractivity contribution is 0.341. The highest BCUT2D eigenvalue weighted by Gasteiger charge is 2.49. The summed E-state index contributed by atoms with van der Waals surface area (Å²) in [6, 6.07) is 1.60. The second kappa shape index (κ2) is 2.98. The molecule has 15 heavy (non-hydrogen) atoms. The van der Waals surface area contributed by atoms with Gasteiger partial charge in [0.2, 0.25) is 0 Å². The molecule has 1 aliphatic heterocycles. The standard InChI is InChI=1S/C9H14N2O3S/c1-9(2)6(3-4-15(9,12)13)7-5-8(10)11-14-7/h5-6H,3-4H2,1-2H3,(H2,10,11). The topological polar surface area (TPSA) is 86.2 Å². The van der Waals surface area contributed by atoms with Crippen LogP contribution in [0.1, 0.15) is 31.9 Å². The van der Waals surface area contributed by atoms with Gasteiger partial charge in [-0.3, -0.25) is 0 Å². The molecule has 5 nitrogen and oxygen atoms in total. The minimum Gasteiger partial charge on any atom is -0.381 e. The Morgan fingerprint density at radius 3 is 2.67 bits per heavy atom. The maximum absolute atomic E-state index is 11.8. The van der Waals surface area contributed by atoms with Gasteiger partial charge in [0.1, 0.15) is 5.76 Å². The third-order valence-corrected chi connectivity index (χ3v) is 5.87. The number of nitrogen functional groups attached to an aromatic ring is 1. The van der Waals surface area contributed by atoms with E-state index in [1.54, 1.807) is 19.9 Å². The van der Waals surface area contributed by atoms with Gasteiger partial charge in [0.05, 0.1) is 10.5 Å². The van der Waals surface area contributed by atoms with Gasteiger partial charge in [-0.1, -0.05) is 5.16 Å². The number of anilines is 1. The molecule has 0 saturated carbocycles. The molecule has 1 saturated heterocycles. The van der Waals surface area contributed by atoms with Gasteiger partial charge < -0.3 is 10.3 Å². The summed E-state index contributed by atoms with van der Waals surface area (Å²) < 4.78 is 27.8. The average molecular weight is 230 g/mol. The van der Waals surface area contributed by atoms with E-state index in [4.69, 9.17) is 10.3 Å². The highest BCUT2D eigenvalue weighted by Crippen LogP contribution is 2.44. The second-order valence-corrected chi connectivity index (χ2v) is 7.11. The van der Waals surface area contributed by atoms with Crippen LogP contribution in [-0.2, 0) is 9.84 Å². The number of aromatic nitrogens is 1. The molecule has 0 amide bonds. The zero-order valence-electron chi connectivity index (χ0n) is 8.73. The molecule has 1 aromatic rings. The number of sulfone groups is 1. The highest BCUT2D eigenvalue weighted by atomic mass is 32.2. The van der Waals surface area contributed by atoms with Gasteiger partial charge in [0.15, 0.2) is 15.7 Å². The lowest BCUT2D eigenvalue weighted by Gasteiger charge is -2.23. The van der Waals surface area contributed by atoms with Crippen molar-refractivity contribution in [2.24, 2.45) is 0 Å². The first kappa shape index (κ1) is 10.5. The number of nitrogens with zero attached hydrogens (tertiary/aromatic N) is 1. The summed E-state index contributed by atoms with van der Waals surface area (Å²) in [5, 5.41) is 3.58. The Labute approximate surface area is 88.5 Å². The fourth-order valence-corrected chi connectivity index (χ4v) is 3.79. The normalized spacial score (nSPS) is 28.0. The first-order valence-corrected chi connectivity index (χ1v) is 6.44. The molecule has 2 heterocycles. The molecule has 0 aromatic carbocycles. The van der Waals surface area contributed by atoms with Gasteiger partial charge in [-0.25, -0.2) is 8.42 Å². The minimum absolute atomic E-state index is 0.146. The van der Waals surface area contributed by atoms with E-state index in [0.717, 1.165) is 0 Å². The number of rotatable bonds is 1. The molecule has 0 bridgehead atoms. The van der Waals surface area contributed by atoms with Gasteiger partial charge in [-0.2, -0.15) is 0 Å². The van der Waals surface area contributed by atoms with Crippen LogP contribution < -0.4 is 5.73 Å². The zero-order valence-corrected chi connectivity index (χ0v) is 9.54. The number of hydrogen-bond acceptors (Lipinski definition) is 5. The van der Waals surface area contributed by atoms with Crippen molar-refractivity contribution in [2.45, 2.75) is 30.9 Å². The largest absolute Gasteiger partial charge is 0.381 e. The number of hydrogen-bond donors (Lipinski definition) is 1. The molecule has 1 aliphatic rings. The van der Waals surface area contributed by atoms with E-state index < -0.39 is 14.6 Å². The van der Waals surface area contributed by atoms with Crippen LogP contribution in [0.15, 0.2) is 10.6 Å². The predicted molar refractivity (Wildman–Crippen MR) is 56.1 cm³/mol. The Kier molecular flexibility index (Phi) is 2.08. The molecule has 1 unspecified atom stereocenters. The summed E-state index contributed by atoms with van der Waals surface area (Å²) >= 11 is 0. The molecular formula is C9H14N2O3S. The molecule has 2 N–H and O–H groups in total. The van der Waals surface area contributed by atoms with Crippen LogP contribution in [0.3, 0.4) is 0 Å². The Morgan fingerprint density at radius 2 is 2.27 bits per heavy atom. The van der Waals surface area contributed by atoms with Crippen molar-refractivity contribution in [2.75, 3.05) is 11.5 Å². The van der Waals surface area contributed by atoms with Gasteiger partial charge >= 0.3 is 0 Å². The van der Waals surface area contributed by atoms with Crippen molar-refractivity contribution < 1.29 is 12.9 Å². The van der Waals surface area contributed by atoms with E-state index in [2.05, 4.69) is 5.16 Å². The lowest BCUT2D eigenvalue weighted by Crippen LogP contribution is -2.32. The van der Waals surface area contributed by atoms with Crippen molar-refractivity contribution in [3.05, 3.63) is 11.8 Å². The molecular weight excluding hydrogens is 216 g/mol. The molecule has 0 spiro atoms. The van der Waals surface area contributed by atoms with Crippen LogP contribution >= 0.6 is 0 Å². The van der Waals surface area contributed by atoms with Crippen molar-refractivity contribution >= 4 is 15.7 Å². The summed E-state index contributed by atoms with van der Waals surface area (Å²) in [5.41, 5.74) is 5.45. The molecule has 1 aromatic heterocycles. The molecule has 0 aliphatic carbocycles. The van der Waals surface area contributed by atoms with Crippen LogP contribution in [-0.4, -0.2) is 24.1 Å². The van der Waals surface area contributed by atoms with E-state index in [9.17, 15) is 8.42 Å². The summed E-state index contributed by atoms with van der Waals surface area (Å²) in [7, 11) is -3.04. The van der Waals surface area contributed by atoms with Crippen molar-refractivity contribution in [1.29, 1.82) is 0 Å². The van der Waals surface area contributed by atoms with E-state index in [-0.39, 0.29) is 11.7 Å². The molecule has 0 radical (unpaired) electrons. The lowest BCUT2D eigenvalue weighted by atomic mass is 9.90. The Bertz CT molecular complexity index is 475. The summed E-state index contributed by atoms with van der Waals surface area (Å²) in [6.45, 7) is 3.44. The van der Waals surface area contributed by atoms with Gasteiger partial charge in [0.25, 0.3) is 0 Å². The van der Waals surface area contributed by atoms with Crippen LogP contribution in [0.4, 0.5) is 5.82 Å². The van der Waals surface area contributed by atoms with E-state index >= 15 is 0 Å². The van der Waals surface area contributed by atoms with Crippen LogP contribution in [0.25, 0.3) is 0 Å². The fraction of sp³-hybridized carbons (Fsp3) is 0.667. The fourth-order valence-electron chi connectivity index (χ4n) is 2.05. The Balaban J connectivity index is 2.42. The van der Waals surface area contributed by atoms with E-state index in [0.29, 0.717) is 18.0 Å². The monoisotopic (exact) mass is 230 g/mol. The molecule has 2 rings (SSSR count). The van der Waals surface area contributed by atoms with Gasteiger partial charge in [-0.15, -0.1) is 0 Å². The summed E-state index contributed by atoms with van der Waals surface area (Å²) in [5.74, 6) is 0.918. The Hall–Kier alpha value is -1.04. The SMILES string of the molecule is CC1(C)C(c2cc(N)no2)CCS1(=O)=O. The van der Waals surface area contributed by atoms with Crippen LogP contribution in [0.5, 0.6) is 0 Å². The summed E-state index contributed by atoms with van der Waals surface area (Å²) in [4.78, 5) is 0. The van der Waals surface area contributed by atoms with Gasteiger partial charge in [-0.05, 0) is 20.3 Å². The molecule has 1 fully saturated rings. The van der Waals surface area contributed by atoms with Crippen molar-refractivity contribution in [3.63, 3.8) is 0 Å².